The highest BCUT2D eigenvalue weighted by molar-refractivity contribution is 7.91. The summed E-state index contributed by atoms with van der Waals surface area (Å²) in [6, 6.07) is 0. The monoisotopic (exact) mass is 304 g/mol. The van der Waals surface area contributed by atoms with Crippen LogP contribution < -0.4 is 10.5 Å². The van der Waals surface area contributed by atoms with Crippen LogP contribution in [0.2, 0.25) is 0 Å². The molecule has 106 valence electrons. The summed E-state index contributed by atoms with van der Waals surface area (Å²) in [5.74, 6) is 0.267. The molecule has 3 N–H and O–H groups in total. The van der Waals surface area contributed by atoms with Crippen LogP contribution in [0, 0.1) is 5.92 Å². The molecule has 0 spiro atoms. The third kappa shape index (κ3) is 4.22. The van der Waals surface area contributed by atoms with Crippen molar-refractivity contribution in [2.24, 2.45) is 11.1 Å². The van der Waals surface area contributed by atoms with E-state index >= 15 is 0 Å². The second-order valence-corrected chi connectivity index (χ2v) is 7.39. The number of nitrogens with two attached hydrogens (primary N) is 1. The molecule has 0 aromatic carbocycles. The van der Waals surface area contributed by atoms with E-state index in [2.05, 4.69) is 15.5 Å². The lowest BCUT2D eigenvalue weighted by atomic mass is 9.87. The van der Waals surface area contributed by atoms with Crippen LogP contribution in [0.1, 0.15) is 38.5 Å². The van der Waals surface area contributed by atoms with E-state index in [4.69, 9.17) is 5.14 Å². The first-order chi connectivity index (χ1) is 8.95. The van der Waals surface area contributed by atoms with Crippen LogP contribution in [0.15, 0.2) is 4.34 Å². The molecule has 7 nitrogen and oxygen atoms in total. The molecule has 0 bridgehead atoms. The zero-order chi connectivity index (χ0) is 13.9. The molecule has 19 heavy (non-hydrogen) atoms. The minimum Gasteiger partial charge on any atom is -0.300 e. The Morgan fingerprint density at radius 2 is 2.00 bits per heavy atom. The van der Waals surface area contributed by atoms with Crippen molar-refractivity contribution in [1.82, 2.24) is 10.2 Å². The van der Waals surface area contributed by atoms with E-state index in [1.807, 2.05) is 0 Å². The van der Waals surface area contributed by atoms with E-state index < -0.39 is 10.0 Å². The summed E-state index contributed by atoms with van der Waals surface area (Å²) < 4.78 is 21.8. The fraction of sp³-hybridized carbons (Fsp3) is 0.700. The molecule has 1 aromatic heterocycles. The topological polar surface area (TPSA) is 115 Å². The summed E-state index contributed by atoms with van der Waals surface area (Å²) >= 11 is 0.763. The van der Waals surface area contributed by atoms with E-state index in [0.29, 0.717) is 12.3 Å². The van der Waals surface area contributed by atoms with Gasteiger partial charge < -0.3 is 5.32 Å². The molecule has 1 saturated carbocycles. The van der Waals surface area contributed by atoms with Crippen molar-refractivity contribution in [1.29, 1.82) is 0 Å². The van der Waals surface area contributed by atoms with Crippen LogP contribution in [-0.4, -0.2) is 24.5 Å². The van der Waals surface area contributed by atoms with Gasteiger partial charge in [-0.1, -0.05) is 30.6 Å². The zero-order valence-corrected chi connectivity index (χ0v) is 12.0. The van der Waals surface area contributed by atoms with Crippen molar-refractivity contribution >= 4 is 32.4 Å². The number of carbonyl (C=O) groups excluding carboxylic acids is 1. The number of aromatic nitrogens is 2. The quantitative estimate of drug-likeness (QED) is 0.808. The molecule has 9 heteroatoms. The Balaban J connectivity index is 1.90. The van der Waals surface area contributed by atoms with Crippen molar-refractivity contribution in [2.45, 2.75) is 42.9 Å². The number of sulfonamides is 1. The molecule has 0 atom stereocenters. The SMILES string of the molecule is NS(=O)(=O)c1nnc(NC(=O)CC2CCCCC2)s1. The van der Waals surface area contributed by atoms with E-state index in [1.54, 1.807) is 0 Å². The number of anilines is 1. The van der Waals surface area contributed by atoms with Crippen LogP contribution in [0.5, 0.6) is 0 Å². The van der Waals surface area contributed by atoms with Crippen LogP contribution in [0.4, 0.5) is 5.13 Å². The van der Waals surface area contributed by atoms with Crippen molar-refractivity contribution in [2.75, 3.05) is 5.32 Å². The summed E-state index contributed by atoms with van der Waals surface area (Å²) in [6.45, 7) is 0. The lowest BCUT2D eigenvalue weighted by Gasteiger charge is -2.20. The molecule has 0 saturated heterocycles. The van der Waals surface area contributed by atoms with Crippen molar-refractivity contribution in [3.63, 3.8) is 0 Å². The Kier molecular flexibility index (Phi) is 4.48. The number of nitrogens with one attached hydrogen (secondary N) is 1. The van der Waals surface area contributed by atoms with Gasteiger partial charge in [-0.05, 0) is 18.8 Å². The number of carbonyl (C=O) groups is 1. The minimum atomic E-state index is -3.85. The summed E-state index contributed by atoms with van der Waals surface area (Å²) in [5, 5.41) is 14.7. The number of hydrogen-bond donors (Lipinski definition) is 2. The molecule has 1 aliphatic carbocycles. The van der Waals surface area contributed by atoms with Crippen LogP contribution in [0.3, 0.4) is 0 Å². The third-order valence-electron chi connectivity index (χ3n) is 3.10. The molecular weight excluding hydrogens is 288 g/mol. The molecule has 1 aliphatic rings. The average molecular weight is 304 g/mol. The maximum Gasteiger partial charge on any atom is 0.267 e. The van der Waals surface area contributed by atoms with Gasteiger partial charge in [0, 0.05) is 6.42 Å². The summed E-state index contributed by atoms with van der Waals surface area (Å²) in [6.07, 6.45) is 6.19. The number of rotatable bonds is 4. The molecule has 1 amide bonds. The second-order valence-electron chi connectivity index (χ2n) is 4.67. The fourth-order valence-electron chi connectivity index (χ4n) is 2.20. The molecule has 1 heterocycles. The Hall–Kier alpha value is -1.06. The Morgan fingerprint density at radius 1 is 1.32 bits per heavy atom. The van der Waals surface area contributed by atoms with E-state index in [1.165, 1.54) is 19.3 Å². The van der Waals surface area contributed by atoms with Gasteiger partial charge in [0.1, 0.15) is 0 Å². The summed E-state index contributed by atoms with van der Waals surface area (Å²) in [4.78, 5) is 11.8. The molecule has 2 rings (SSSR count). The zero-order valence-electron chi connectivity index (χ0n) is 10.3. The fourth-order valence-corrected chi connectivity index (χ4v) is 3.55. The number of hydrogen-bond acceptors (Lipinski definition) is 6. The summed E-state index contributed by atoms with van der Waals surface area (Å²) in [7, 11) is -3.85. The van der Waals surface area contributed by atoms with Gasteiger partial charge in [0.2, 0.25) is 15.4 Å². The number of primary sulfonamides is 1. The van der Waals surface area contributed by atoms with Crippen LogP contribution >= 0.6 is 11.3 Å². The third-order valence-corrected chi connectivity index (χ3v) is 5.24. The first kappa shape index (κ1) is 14.4. The molecular formula is C10H16N4O3S2. The molecule has 1 aromatic rings. The highest BCUT2D eigenvalue weighted by Crippen LogP contribution is 2.27. The second kappa shape index (κ2) is 5.93. The summed E-state index contributed by atoms with van der Waals surface area (Å²) in [5.41, 5.74) is 0. The van der Waals surface area contributed by atoms with Crippen molar-refractivity contribution < 1.29 is 13.2 Å². The molecule has 0 radical (unpaired) electrons. The number of amides is 1. The Bertz CT molecular complexity index is 549. The van der Waals surface area contributed by atoms with Gasteiger partial charge in [-0.15, -0.1) is 10.2 Å². The normalized spacial score (nSPS) is 17.3. The van der Waals surface area contributed by atoms with Gasteiger partial charge in [0.25, 0.3) is 10.0 Å². The average Bonchev–Trinajstić information content (AvgIpc) is 2.78. The van der Waals surface area contributed by atoms with E-state index in [0.717, 1.165) is 24.2 Å². The van der Waals surface area contributed by atoms with Gasteiger partial charge in [-0.3, -0.25) is 4.79 Å². The van der Waals surface area contributed by atoms with Gasteiger partial charge in [-0.25, -0.2) is 13.6 Å². The highest BCUT2D eigenvalue weighted by Gasteiger charge is 2.19. The number of nitrogens with zero attached hydrogens (tertiary/aromatic N) is 2. The van der Waals surface area contributed by atoms with Crippen LogP contribution in [0.25, 0.3) is 0 Å². The molecule has 0 aliphatic heterocycles. The Labute approximate surface area is 115 Å². The standard InChI is InChI=1S/C10H16N4O3S2/c11-19(16,17)10-14-13-9(18-10)12-8(15)6-7-4-2-1-3-5-7/h7H,1-6H2,(H2,11,16,17)(H,12,13,15). The maximum absolute atomic E-state index is 11.8. The lowest BCUT2D eigenvalue weighted by molar-refractivity contribution is -0.117. The van der Waals surface area contributed by atoms with Gasteiger partial charge >= 0.3 is 0 Å². The maximum atomic E-state index is 11.8. The van der Waals surface area contributed by atoms with E-state index in [9.17, 15) is 13.2 Å². The smallest absolute Gasteiger partial charge is 0.267 e. The van der Waals surface area contributed by atoms with E-state index in [-0.39, 0.29) is 15.4 Å². The lowest BCUT2D eigenvalue weighted by Crippen LogP contribution is -2.18. The first-order valence-corrected chi connectivity index (χ1v) is 8.47. The molecule has 1 fully saturated rings. The minimum absolute atomic E-state index is 0.149. The predicted octanol–water partition coefficient (Wildman–Crippen LogP) is 1.09. The van der Waals surface area contributed by atoms with Crippen LogP contribution in [-0.2, 0) is 14.8 Å². The first-order valence-electron chi connectivity index (χ1n) is 6.11. The van der Waals surface area contributed by atoms with Gasteiger partial charge in [0.05, 0.1) is 0 Å². The van der Waals surface area contributed by atoms with Gasteiger partial charge in [0.15, 0.2) is 0 Å². The van der Waals surface area contributed by atoms with Gasteiger partial charge in [-0.2, -0.15) is 0 Å². The highest BCUT2D eigenvalue weighted by atomic mass is 32.2. The largest absolute Gasteiger partial charge is 0.300 e. The molecule has 0 unspecified atom stereocenters. The predicted molar refractivity (Wildman–Crippen MR) is 71.1 cm³/mol. The van der Waals surface area contributed by atoms with Crippen molar-refractivity contribution in [3.8, 4) is 0 Å². The van der Waals surface area contributed by atoms with Crippen molar-refractivity contribution in [3.05, 3.63) is 0 Å². The Morgan fingerprint density at radius 3 is 2.58 bits per heavy atom.